The Morgan fingerprint density at radius 3 is 2.54 bits per heavy atom. The number of hydrogen-bond donors (Lipinski definition) is 1. The molecule has 0 spiro atoms. The third kappa shape index (κ3) is 4.18. The van der Waals surface area contributed by atoms with E-state index in [1.165, 1.54) is 7.11 Å². The van der Waals surface area contributed by atoms with Crippen LogP contribution in [0.25, 0.3) is 0 Å². The molecule has 1 aliphatic heterocycles. The lowest BCUT2D eigenvalue weighted by atomic mass is 10.1. The SMILES string of the molecule is COC(=O)c1ccc(Cl)c(N2CCN(C(=O)Nc3ccccc3C#N)CC2)c1. The molecule has 8 heteroatoms. The minimum Gasteiger partial charge on any atom is -0.465 e. The van der Waals surface area contributed by atoms with Crippen LogP contribution in [0, 0.1) is 11.3 Å². The van der Waals surface area contributed by atoms with Crippen LogP contribution >= 0.6 is 11.6 Å². The number of amides is 2. The number of esters is 1. The number of rotatable bonds is 3. The first-order chi connectivity index (χ1) is 13.5. The topological polar surface area (TPSA) is 85.7 Å². The Balaban J connectivity index is 1.65. The molecule has 144 valence electrons. The van der Waals surface area contributed by atoms with Gasteiger partial charge in [-0.25, -0.2) is 9.59 Å². The van der Waals surface area contributed by atoms with Crippen LogP contribution in [-0.4, -0.2) is 50.2 Å². The number of halogens is 1. The molecule has 1 fully saturated rings. The van der Waals surface area contributed by atoms with E-state index in [9.17, 15) is 9.59 Å². The molecule has 0 bridgehead atoms. The molecule has 1 N–H and O–H groups in total. The number of benzene rings is 2. The van der Waals surface area contributed by atoms with Crippen LogP contribution in [0.5, 0.6) is 0 Å². The predicted octanol–water partition coefficient (Wildman–Crippen LogP) is 3.35. The number of anilines is 2. The minimum atomic E-state index is -0.424. The van der Waals surface area contributed by atoms with E-state index in [4.69, 9.17) is 21.6 Å². The molecule has 2 amide bonds. The van der Waals surface area contributed by atoms with Crippen LogP contribution in [0.4, 0.5) is 16.2 Å². The number of carbonyl (C=O) groups excluding carboxylic acids is 2. The Morgan fingerprint density at radius 2 is 1.86 bits per heavy atom. The molecule has 1 heterocycles. The second-order valence-electron chi connectivity index (χ2n) is 6.22. The number of nitriles is 1. The molecule has 2 aromatic carbocycles. The van der Waals surface area contributed by atoms with Crippen LogP contribution in [-0.2, 0) is 4.74 Å². The summed E-state index contributed by atoms with van der Waals surface area (Å²) in [5, 5.41) is 12.5. The summed E-state index contributed by atoms with van der Waals surface area (Å²) in [5.74, 6) is -0.424. The molecule has 7 nitrogen and oxygen atoms in total. The molecule has 0 aromatic heterocycles. The van der Waals surface area contributed by atoms with E-state index in [0.29, 0.717) is 48.0 Å². The van der Waals surface area contributed by atoms with Gasteiger partial charge in [0.1, 0.15) is 6.07 Å². The zero-order chi connectivity index (χ0) is 20.1. The molecule has 0 atom stereocenters. The van der Waals surface area contributed by atoms with Crippen molar-refractivity contribution in [3.8, 4) is 6.07 Å². The summed E-state index contributed by atoms with van der Waals surface area (Å²) in [5.41, 5.74) is 2.07. The van der Waals surface area contributed by atoms with Gasteiger partial charge >= 0.3 is 12.0 Å². The van der Waals surface area contributed by atoms with Gasteiger partial charge in [-0.05, 0) is 30.3 Å². The number of carbonyl (C=O) groups is 2. The standard InChI is InChI=1S/C20H19ClN4O3/c1-28-19(26)14-6-7-16(21)18(12-14)24-8-10-25(11-9-24)20(27)23-17-5-3-2-4-15(17)13-22/h2-7,12H,8-11H2,1H3,(H,23,27). The van der Waals surface area contributed by atoms with E-state index in [1.807, 2.05) is 4.90 Å². The number of methoxy groups -OCH3 is 1. The molecule has 28 heavy (non-hydrogen) atoms. The number of ether oxygens (including phenoxy) is 1. The second kappa shape index (κ2) is 8.63. The van der Waals surface area contributed by atoms with Gasteiger partial charge in [0.15, 0.2) is 0 Å². The van der Waals surface area contributed by atoms with E-state index in [2.05, 4.69) is 11.4 Å². The van der Waals surface area contributed by atoms with Gasteiger partial charge in [0.2, 0.25) is 0 Å². The van der Waals surface area contributed by atoms with Gasteiger partial charge in [-0.2, -0.15) is 5.26 Å². The number of urea groups is 1. The highest BCUT2D eigenvalue weighted by Gasteiger charge is 2.23. The number of piperazine rings is 1. The molecular weight excluding hydrogens is 380 g/mol. The highest BCUT2D eigenvalue weighted by Crippen LogP contribution is 2.28. The zero-order valence-electron chi connectivity index (χ0n) is 15.3. The molecule has 0 unspecified atom stereocenters. The maximum absolute atomic E-state index is 12.5. The van der Waals surface area contributed by atoms with Crippen molar-refractivity contribution in [2.24, 2.45) is 0 Å². The summed E-state index contributed by atoms with van der Waals surface area (Å²) in [6, 6.07) is 13.7. The van der Waals surface area contributed by atoms with E-state index in [-0.39, 0.29) is 6.03 Å². The van der Waals surface area contributed by atoms with Crippen molar-refractivity contribution in [2.75, 3.05) is 43.5 Å². The van der Waals surface area contributed by atoms with Gasteiger partial charge in [0, 0.05) is 26.2 Å². The van der Waals surface area contributed by atoms with Gasteiger partial charge in [-0.3, -0.25) is 0 Å². The van der Waals surface area contributed by atoms with Crippen molar-refractivity contribution in [3.05, 3.63) is 58.6 Å². The fraction of sp³-hybridized carbons (Fsp3) is 0.250. The Kier molecular flexibility index (Phi) is 6.02. The summed E-state index contributed by atoms with van der Waals surface area (Å²) in [6.07, 6.45) is 0. The first kappa shape index (κ1) is 19.5. The van der Waals surface area contributed by atoms with Crippen molar-refractivity contribution < 1.29 is 14.3 Å². The summed E-state index contributed by atoms with van der Waals surface area (Å²) in [4.78, 5) is 28.0. The van der Waals surface area contributed by atoms with Crippen molar-refractivity contribution in [3.63, 3.8) is 0 Å². The summed E-state index contributed by atoms with van der Waals surface area (Å²) in [7, 11) is 1.33. The number of hydrogen-bond acceptors (Lipinski definition) is 5. The molecule has 0 saturated carbocycles. The van der Waals surface area contributed by atoms with Gasteiger partial charge in [0.05, 0.1) is 34.6 Å². The Morgan fingerprint density at radius 1 is 1.14 bits per heavy atom. The molecule has 3 rings (SSSR count). The molecule has 1 saturated heterocycles. The molecule has 0 radical (unpaired) electrons. The third-order valence-electron chi connectivity index (χ3n) is 4.56. The van der Waals surface area contributed by atoms with Crippen molar-refractivity contribution in [2.45, 2.75) is 0 Å². The predicted molar refractivity (Wildman–Crippen MR) is 107 cm³/mol. The van der Waals surface area contributed by atoms with Gasteiger partial charge < -0.3 is 19.9 Å². The van der Waals surface area contributed by atoms with Gasteiger partial charge in [-0.1, -0.05) is 23.7 Å². The Bertz CT molecular complexity index is 933. The summed E-state index contributed by atoms with van der Waals surface area (Å²) >= 11 is 6.30. The maximum Gasteiger partial charge on any atom is 0.337 e. The van der Waals surface area contributed by atoms with Gasteiger partial charge in [0.25, 0.3) is 0 Å². The normalized spacial score (nSPS) is 13.6. The minimum absolute atomic E-state index is 0.253. The van der Waals surface area contributed by atoms with Crippen molar-refractivity contribution in [1.29, 1.82) is 5.26 Å². The Hall–Kier alpha value is -3.24. The lowest BCUT2D eigenvalue weighted by Gasteiger charge is -2.36. The Labute approximate surface area is 168 Å². The lowest BCUT2D eigenvalue weighted by molar-refractivity contribution is 0.0600. The second-order valence-corrected chi connectivity index (χ2v) is 6.63. The van der Waals surface area contributed by atoms with Crippen LogP contribution in [0.3, 0.4) is 0 Å². The van der Waals surface area contributed by atoms with Crippen LogP contribution in [0.2, 0.25) is 5.02 Å². The lowest BCUT2D eigenvalue weighted by Crippen LogP contribution is -2.50. The average molecular weight is 399 g/mol. The summed E-state index contributed by atoms with van der Waals surface area (Å²) < 4.78 is 4.76. The monoisotopic (exact) mass is 398 g/mol. The van der Waals surface area contributed by atoms with Crippen molar-refractivity contribution in [1.82, 2.24) is 4.90 Å². The smallest absolute Gasteiger partial charge is 0.337 e. The van der Waals surface area contributed by atoms with Crippen LogP contribution in [0.15, 0.2) is 42.5 Å². The fourth-order valence-corrected chi connectivity index (χ4v) is 3.27. The third-order valence-corrected chi connectivity index (χ3v) is 4.88. The number of para-hydroxylation sites is 1. The maximum atomic E-state index is 12.5. The largest absolute Gasteiger partial charge is 0.465 e. The summed E-state index contributed by atoms with van der Waals surface area (Å²) in [6.45, 7) is 2.11. The first-order valence-corrected chi connectivity index (χ1v) is 9.09. The van der Waals surface area contributed by atoms with Crippen LogP contribution < -0.4 is 10.2 Å². The van der Waals surface area contributed by atoms with Crippen molar-refractivity contribution >= 4 is 35.0 Å². The highest BCUT2D eigenvalue weighted by molar-refractivity contribution is 6.33. The molecule has 2 aromatic rings. The first-order valence-electron chi connectivity index (χ1n) is 8.71. The number of nitrogens with one attached hydrogen (secondary N) is 1. The molecule has 0 aliphatic carbocycles. The van der Waals surface area contributed by atoms with E-state index >= 15 is 0 Å². The average Bonchev–Trinajstić information content (AvgIpc) is 2.74. The van der Waals surface area contributed by atoms with E-state index < -0.39 is 5.97 Å². The highest BCUT2D eigenvalue weighted by atomic mass is 35.5. The van der Waals surface area contributed by atoms with E-state index in [1.54, 1.807) is 47.4 Å². The van der Waals surface area contributed by atoms with Gasteiger partial charge in [-0.15, -0.1) is 0 Å². The number of nitrogens with zero attached hydrogens (tertiary/aromatic N) is 3. The quantitative estimate of drug-likeness (QED) is 0.801. The zero-order valence-corrected chi connectivity index (χ0v) is 16.1. The molecule has 1 aliphatic rings. The van der Waals surface area contributed by atoms with E-state index in [0.717, 1.165) is 5.69 Å². The fourth-order valence-electron chi connectivity index (χ4n) is 3.03. The molecular formula is C20H19ClN4O3. The van der Waals surface area contributed by atoms with Crippen LogP contribution in [0.1, 0.15) is 15.9 Å².